The fourth-order valence-electron chi connectivity index (χ4n) is 4.10. The standard InChI is InChI=1S/C15H24ClN3S/c16-13-7-6-12(20-13)14(18-17)15(8-2-3-9-15)19-10-4-1-5-11-19/h6-7,14,18H,1-5,8-11,17H2. The molecule has 3 nitrogen and oxygen atoms in total. The highest BCUT2D eigenvalue weighted by Gasteiger charge is 2.46. The number of hydrazine groups is 1. The molecule has 1 saturated heterocycles. The van der Waals surface area contributed by atoms with Gasteiger partial charge in [0.05, 0.1) is 10.4 Å². The minimum absolute atomic E-state index is 0.198. The van der Waals surface area contributed by atoms with E-state index >= 15 is 0 Å². The molecule has 1 aromatic rings. The summed E-state index contributed by atoms with van der Waals surface area (Å²) in [5, 5.41) is 0. The molecule has 1 aliphatic heterocycles. The normalized spacial score (nSPS) is 24.9. The molecule has 1 atom stereocenters. The Balaban J connectivity index is 1.91. The van der Waals surface area contributed by atoms with Crippen LogP contribution in [0.25, 0.3) is 0 Å². The van der Waals surface area contributed by atoms with Gasteiger partial charge in [0, 0.05) is 10.4 Å². The third-order valence-corrected chi connectivity index (χ3v) is 6.33. The molecule has 2 heterocycles. The summed E-state index contributed by atoms with van der Waals surface area (Å²) in [6.07, 6.45) is 9.14. The lowest BCUT2D eigenvalue weighted by atomic mass is 9.84. The molecule has 0 radical (unpaired) electrons. The van der Waals surface area contributed by atoms with Crippen LogP contribution in [0.3, 0.4) is 0 Å². The van der Waals surface area contributed by atoms with Crippen LogP contribution in [0.5, 0.6) is 0 Å². The first-order valence-electron chi connectivity index (χ1n) is 7.73. The van der Waals surface area contributed by atoms with Crippen molar-refractivity contribution in [1.29, 1.82) is 0 Å². The quantitative estimate of drug-likeness (QED) is 0.658. The second kappa shape index (κ2) is 6.32. The predicted octanol–water partition coefficient (Wildman–Crippen LogP) is 3.70. The van der Waals surface area contributed by atoms with Gasteiger partial charge >= 0.3 is 0 Å². The third-order valence-electron chi connectivity index (χ3n) is 5.04. The monoisotopic (exact) mass is 313 g/mol. The average molecular weight is 314 g/mol. The summed E-state index contributed by atoms with van der Waals surface area (Å²) in [4.78, 5) is 3.99. The molecule has 1 aliphatic carbocycles. The van der Waals surface area contributed by atoms with Gasteiger partial charge < -0.3 is 0 Å². The maximum Gasteiger partial charge on any atom is 0.0931 e. The summed E-state index contributed by atoms with van der Waals surface area (Å²) in [7, 11) is 0. The van der Waals surface area contributed by atoms with Gasteiger partial charge in [-0.15, -0.1) is 11.3 Å². The Kier molecular flexibility index (Phi) is 4.68. The van der Waals surface area contributed by atoms with Gasteiger partial charge in [0.25, 0.3) is 0 Å². The van der Waals surface area contributed by atoms with E-state index in [1.165, 1.54) is 62.9 Å². The number of nitrogens with zero attached hydrogens (tertiary/aromatic N) is 1. The molecule has 1 unspecified atom stereocenters. The van der Waals surface area contributed by atoms with E-state index in [-0.39, 0.29) is 11.6 Å². The lowest BCUT2D eigenvalue weighted by Crippen LogP contribution is -2.57. The highest BCUT2D eigenvalue weighted by molar-refractivity contribution is 7.16. The fraction of sp³-hybridized carbons (Fsp3) is 0.733. The summed E-state index contributed by atoms with van der Waals surface area (Å²) in [5.74, 6) is 5.97. The zero-order valence-electron chi connectivity index (χ0n) is 11.9. The molecule has 20 heavy (non-hydrogen) atoms. The van der Waals surface area contributed by atoms with Gasteiger partial charge in [0.2, 0.25) is 0 Å². The zero-order chi connectivity index (χ0) is 14.0. The van der Waals surface area contributed by atoms with Crippen LogP contribution in [0.4, 0.5) is 0 Å². The summed E-state index contributed by atoms with van der Waals surface area (Å²) in [5.41, 5.74) is 3.32. The summed E-state index contributed by atoms with van der Waals surface area (Å²) in [6.45, 7) is 2.44. The van der Waals surface area contributed by atoms with Crippen LogP contribution in [-0.4, -0.2) is 23.5 Å². The molecule has 1 saturated carbocycles. The summed E-state index contributed by atoms with van der Waals surface area (Å²) >= 11 is 7.80. The van der Waals surface area contributed by atoms with Crippen molar-refractivity contribution in [2.45, 2.75) is 56.5 Å². The second-order valence-electron chi connectivity index (χ2n) is 6.10. The van der Waals surface area contributed by atoms with Gasteiger partial charge in [0.15, 0.2) is 0 Å². The summed E-state index contributed by atoms with van der Waals surface area (Å²) in [6, 6.07) is 4.34. The Morgan fingerprint density at radius 2 is 1.85 bits per heavy atom. The highest BCUT2D eigenvalue weighted by Crippen LogP contribution is 2.47. The number of thiophene rings is 1. The smallest absolute Gasteiger partial charge is 0.0931 e. The summed E-state index contributed by atoms with van der Waals surface area (Å²) < 4.78 is 0.854. The Hall–Kier alpha value is -0.130. The first-order valence-corrected chi connectivity index (χ1v) is 8.92. The number of hydrogen-bond acceptors (Lipinski definition) is 4. The first-order chi connectivity index (χ1) is 9.76. The number of likely N-dealkylation sites (tertiary alicyclic amines) is 1. The van der Waals surface area contributed by atoms with Crippen LogP contribution in [0.1, 0.15) is 55.9 Å². The van der Waals surface area contributed by atoms with Crippen molar-refractivity contribution >= 4 is 22.9 Å². The third kappa shape index (κ3) is 2.64. The van der Waals surface area contributed by atoms with Gasteiger partial charge in [-0.3, -0.25) is 16.2 Å². The van der Waals surface area contributed by atoms with Crippen molar-refractivity contribution in [1.82, 2.24) is 10.3 Å². The van der Waals surface area contributed by atoms with Crippen LogP contribution in [0, 0.1) is 0 Å². The molecule has 112 valence electrons. The lowest BCUT2D eigenvalue weighted by Gasteiger charge is -2.48. The van der Waals surface area contributed by atoms with E-state index in [0.29, 0.717) is 0 Å². The van der Waals surface area contributed by atoms with Crippen LogP contribution >= 0.6 is 22.9 Å². The minimum atomic E-state index is 0.198. The minimum Gasteiger partial charge on any atom is -0.296 e. The molecule has 3 rings (SSSR count). The van der Waals surface area contributed by atoms with Crippen LogP contribution < -0.4 is 11.3 Å². The molecule has 1 aromatic heterocycles. The molecule has 0 bridgehead atoms. The van der Waals surface area contributed by atoms with Crippen molar-refractivity contribution in [3.8, 4) is 0 Å². The number of hydrogen-bond donors (Lipinski definition) is 2. The molecular weight excluding hydrogens is 290 g/mol. The van der Waals surface area contributed by atoms with E-state index in [4.69, 9.17) is 17.4 Å². The van der Waals surface area contributed by atoms with Crippen LogP contribution in [-0.2, 0) is 0 Å². The Bertz CT molecular complexity index is 436. The number of piperidine rings is 1. The van der Waals surface area contributed by atoms with E-state index in [1.807, 2.05) is 6.07 Å². The SMILES string of the molecule is NNC(c1ccc(Cl)s1)C1(N2CCCCC2)CCCC1. The number of nitrogens with two attached hydrogens (primary N) is 1. The largest absolute Gasteiger partial charge is 0.296 e. The van der Waals surface area contributed by atoms with Crippen molar-refractivity contribution in [3.05, 3.63) is 21.3 Å². The number of nitrogens with one attached hydrogen (secondary N) is 1. The maximum atomic E-state index is 6.14. The molecule has 0 amide bonds. The molecule has 0 aromatic carbocycles. The van der Waals surface area contributed by atoms with Gasteiger partial charge in [0.1, 0.15) is 0 Å². The average Bonchev–Trinajstić information content (AvgIpc) is 3.12. The fourth-order valence-corrected chi connectivity index (χ4v) is 5.33. The van der Waals surface area contributed by atoms with E-state index in [1.54, 1.807) is 11.3 Å². The number of halogens is 1. The van der Waals surface area contributed by atoms with Gasteiger partial charge in [-0.1, -0.05) is 30.9 Å². The first kappa shape index (κ1) is 14.8. The topological polar surface area (TPSA) is 41.3 Å². The Morgan fingerprint density at radius 1 is 1.15 bits per heavy atom. The van der Waals surface area contributed by atoms with Gasteiger partial charge in [-0.25, -0.2) is 0 Å². The zero-order valence-corrected chi connectivity index (χ0v) is 13.5. The molecule has 5 heteroatoms. The Labute approximate surface area is 130 Å². The van der Waals surface area contributed by atoms with Crippen LogP contribution in [0.2, 0.25) is 4.34 Å². The molecular formula is C15H24ClN3S. The van der Waals surface area contributed by atoms with Gasteiger partial charge in [-0.05, 0) is 50.9 Å². The van der Waals surface area contributed by atoms with E-state index < -0.39 is 0 Å². The Morgan fingerprint density at radius 3 is 2.40 bits per heavy atom. The maximum absolute atomic E-state index is 6.14. The molecule has 2 aliphatic rings. The van der Waals surface area contributed by atoms with Crippen molar-refractivity contribution in [2.75, 3.05) is 13.1 Å². The van der Waals surface area contributed by atoms with E-state index in [9.17, 15) is 0 Å². The number of rotatable bonds is 4. The second-order valence-corrected chi connectivity index (χ2v) is 7.85. The molecule has 3 N–H and O–H groups in total. The molecule has 2 fully saturated rings. The molecule has 0 spiro atoms. The predicted molar refractivity (Wildman–Crippen MR) is 86.0 cm³/mol. The van der Waals surface area contributed by atoms with Crippen molar-refractivity contribution < 1.29 is 0 Å². The van der Waals surface area contributed by atoms with E-state index in [0.717, 1.165) is 4.34 Å². The van der Waals surface area contributed by atoms with Crippen LogP contribution in [0.15, 0.2) is 12.1 Å². The van der Waals surface area contributed by atoms with Crippen molar-refractivity contribution in [3.63, 3.8) is 0 Å². The highest BCUT2D eigenvalue weighted by atomic mass is 35.5. The van der Waals surface area contributed by atoms with Gasteiger partial charge in [-0.2, -0.15) is 0 Å². The lowest BCUT2D eigenvalue weighted by molar-refractivity contribution is 0.0371. The van der Waals surface area contributed by atoms with E-state index in [2.05, 4.69) is 16.4 Å². The van der Waals surface area contributed by atoms with Crippen molar-refractivity contribution in [2.24, 2.45) is 5.84 Å².